The van der Waals surface area contributed by atoms with E-state index in [2.05, 4.69) is 10.4 Å². The van der Waals surface area contributed by atoms with Gasteiger partial charge in [0.25, 0.3) is 5.91 Å². The van der Waals surface area contributed by atoms with Crippen LogP contribution in [0.25, 0.3) is 0 Å². The number of nitrogens with zero attached hydrogens (tertiary/aromatic N) is 2. The van der Waals surface area contributed by atoms with Crippen molar-refractivity contribution in [3.8, 4) is 5.75 Å². The zero-order valence-corrected chi connectivity index (χ0v) is 17.2. The minimum absolute atomic E-state index is 0.00806. The fraction of sp³-hybridized carbons (Fsp3) is 0.130. The Balaban J connectivity index is 1.38. The number of furan rings is 1. The summed E-state index contributed by atoms with van der Waals surface area (Å²) in [6.45, 7) is 1.96. The Morgan fingerprint density at radius 3 is 2.52 bits per heavy atom. The van der Waals surface area contributed by atoms with E-state index in [4.69, 9.17) is 9.15 Å². The van der Waals surface area contributed by atoms with Crippen molar-refractivity contribution in [2.45, 2.75) is 20.1 Å². The Bertz CT molecular complexity index is 1290. The van der Waals surface area contributed by atoms with Gasteiger partial charge in [0, 0.05) is 18.3 Å². The van der Waals surface area contributed by atoms with E-state index >= 15 is 0 Å². The second-order valence-electron chi connectivity index (χ2n) is 7.13. The summed E-state index contributed by atoms with van der Waals surface area (Å²) >= 11 is 0. The molecule has 0 aliphatic carbocycles. The third-order valence-corrected chi connectivity index (χ3v) is 4.79. The van der Waals surface area contributed by atoms with Crippen LogP contribution in [0.1, 0.15) is 27.4 Å². The van der Waals surface area contributed by atoms with Gasteiger partial charge in [-0.15, -0.1) is 0 Å². The zero-order chi connectivity index (χ0) is 23.5. The van der Waals surface area contributed by atoms with Crippen molar-refractivity contribution >= 4 is 11.7 Å². The molecule has 4 aromatic rings. The molecule has 2 aromatic heterocycles. The predicted octanol–water partition coefficient (Wildman–Crippen LogP) is 5.22. The summed E-state index contributed by atoms with van der Waals surface area (Å²) in [5, 5.41) is 6.87. The summed E-state index contributed by atoms with van der Waals surface area (Å²) in [6.07, 6.45) is 1.71. The molecule has 2 heterocycles. The van der Waals surface area contributed by atoms with Crippen LogP contribution in [0.15, 0.2) is 59.1 Å². The predicted molar refractivity (Wildman–Crippen MR) is 110 cm³/mol. The highest BCUT2D eigenvalue weighted by Gasteiger charge is 2.21. The standard InChI is InChI=1S/C23H17F4N3O3/c1-13-4-2-3-5-14(13)11-30-9-8-19(29-30)28-23(31)18-7-6-15(33-18)12-32-22-20(26)16(24)10-17(25)21(22)27/h2-10H,11-12H2,1H3,(H,28,29,31). The monoisotopic (exact) mass is 459 g/mol. The van der Waals surface area contributed by atoms with Crippen molar-refractivity contribution in [2.24, 2.45) is 0 Å². The first-order valence-corrected chi connectivity index (χ1v) is 9.75. The second-order valence-corrected chi connectivity index (χ2v) is 7.13. The van der Waals surface area contributed by atoms with E-state index in [1.807, 2.05) is 31.2 Å². The number of anilines is 1. The van der Waals surface area contributed by atoms with Gasteiger partial charge in [-0.2, -0.15) is 13.9 Å². The van der Waals surface area contributed by atoms with Gasteiger partial charge in [0.1, 0.15) is 12.4 Å². The maximum Gasteiger partial charge on any atom is 0.292 e. The minimum Gasteiger partial charge on any atom is -0.479 e. The number of hydrogen-bond acceptors (Lipinski definition) is 4. The van der Waals surface area contributed by atoms with Crippen LogP contribution in [-0.2, 0) is 13.2 Å². The molecular weight excluding hydrogens is 442 g/mol. The molecule has 0 unspecified atom stereocenters. The first kappa shape index (κ1) is 22.1. The highest BCUT2D eigenvalue weighted by Crippen LogP contribution is 2.27. The molecule has 1 N–H and O–H groups in total. The van der Waals surface area contributed by atoms with Gasteiger partial charge < -0.3 is 14.5 Å². The van der Waals surface area contributed by atoms with E-state index < -0.39 is 41.5 Å². The largest absolute Gasteiger partial charge is 0.479 e. The summed E-state index contributed by atoms with van der Waals surface area (Å²) in [4.78, 5) is 12.4. The molecule has 10 heteroatoms. The lowest BCUT2D eigenvalue weighted by Crippen LogP contribution is -2.12. The highest BCUT2D eigenvalue weighted by molar-refractivity contribution is 6.01. The summed E-state index contributed by atoms with van der Waals surface area (Å²) in [5.74, 6) is -8.16. The van der Waals surface area contributed by atoms with E-state index in [0.29, 0.717) is 12.4 Å². The number of nitrogens with one attached hydrogen (secondary N) is 1. The van der Waals surface area contributed by atoms with Gasteiger partial charge in [0.05, 0.1) is 6.54 Å². The maximum atomic E-state index is 13.7. The molecule has 0 bridgehead atoms. The van der Waals surface area contributed by atoms with Crippen LogP contribution < -0.4 is 10.1 Å². The Labute approximate surface area is 185 Å². The Kier molecular flexibility index (Phi) is 6.16. The molecule has 170 valence electrons. The van der Waals surface area contributed by atoms with Crippen LogP contribution in [0.5, 0.6) is 5.75 Å². The maximum absolute atomic E-state index is 13.7. The molecule has 33 heavy (non-hydrogen) atoms. The van der Waals surface area contributed by atoms with Gasteiger partial charge in [-0.1, -0.05) is 24.3 Å². The second kappa shape index (κ2) is 9.19. The van der Waals surface area contributed by atoms with Gasteiger partial charge >= 0.3 is 0 Å². The molecule has 4 rings (SSSR count). The van der Waals surface area contributed by atoms with Crippen molar-refractivity contribution in [1.29, 1.82) is 0 Å². The Morgan fingerprint density at radius 1 is 1.06 bits per heavy atom. The van der Waals surface area contributed by atoms with Crippen molar-refractivity contribution in [3.63, 3.8) is 0 Å². The average molecular weight is 459 g/mol. The molecule has 2 aromatic carbocycles. The molecular formula is C23H17F4N3O3. The van der Waals surface area contributed by atoms with Gasteiger partial charge in [-0.25, -0.2) is 8.78 Å². The SMILES string of the molecule is Cc1ccccc1Cn1ccc(NC(=O)c2ccc(COc3c(F)c(F)cc(F)c3F)o2)n1. The van der Waals surface area contributed by atoms with Gasteiger partial charge in [0.15, 0.2) is 29.0 Å². The number of aryl methyl sites for hydroxylation is 1. The minimum atomic E-state index is -1.67. The van der Waals surface area contributed by atoms with Crippen LogP contribution in [0.3, 0.4) is 0 Å². The average Bonchev–Trinajstić information content (AvgIpc) is 3.44. The number of carbonyl (C=O) groups is 1. The van der Waals surface area contributed by atoms with Crippen molar-refractivity contribution in [3.05, 3.63) is 101 Å². The fourth-order valence-electron chi connectivity index (χ4n) is 3.06. The van der Waals surface area contributed by atoms with Crippen molar-refractivity contribution in [1.82, 2.24) is 9.78 Å². The number of carbonyl (C=O) groups excluding carboxylic acids is 1. The third kappa shape index (κ3) is 4.89. The number of halogens is 4. The quantitative estimate of drug-likeness (QED) is 0.304. The lowest BCUT2D eigenvalue weighted by atomic mass is 10.1. The molecule has 0 radical (unpaired) electrons. The lowest BCUT2D eigenvalue weighted by molar-refractivity contribution is 0.0991. The summed E-state index contributed by atoms with van der Waals surface area (Å²) in [6, 6.07) is 12.2. The molecule has 1 amide bonds. The van der Waals surface area contributed by atoms with Crippen LogP contribution in [-0.4, -0.2) is 15.7 Å². The smallest absolute Gasteiger partial charge is 0.292 e. The molecule has 0 aliphatic rings. The number of aromatic nitrogens is 2. The van der Waals surface area contributed by atoms with E-state index in [1.165, 1.54) is 12.1 Å². The van der Waals surface area contributed by atoms with Gasteiger partial charge in [-0.05, 0) is 30.2 Å². The molecule has 0 saturated heterocycles. The summed E-state index contributed by atoms with van der Waals surface area (Å²) in [5.41, 5.74) is 2.20. The van der Waals surface area contributed by atoms with Crippen LogP contribution in [0, 0.1) is 30.2 Å². The Morgan fingerprint density at radius 2 is 1.79 bits per heavy atom. The summed E-state index contributed by atoms with van der Waals surface area (Å²) in [7, 11) is 0. The molecule has 0 fully saturated rings. The number of amides is 1. The first-order valence-electron chi connectivity index (χ1n) is 9.75. The number of hydrogen-bond donors (Lipinski definition) is 1. The zero-order valence-electron chi connectivity index (χ0n) is 17.2. The van der Waals surface area contributed by atoms with Crippen LogP contribution in [0.2, 0.25) is 0 Å². The fourth-order valence-corrected chi connectivity index (χ4v) is 3.06. The Hall–Kier alpha value is -4.08. The van der Waals surface area contributed by atoms with E-state index in [0.717, 1.165) is 11.1 Å². The number of rotatable bonds is 7. The molecule has 6 nitrogen and oxygen atoms in total. The topological polar surface area (TPSA) is 69.3 Å². The van der Waals surface area contributed by atoms with Gasteiger partial charge in [-0.3, -0.25) is 9.48 Å². The molecule has 0 saturated carbocycles. The summed E-state index contributed by atoms with van der Waals surface area (Å²) < 4.78 is 65.7. The molecule has 0 aliphatic heterocycles. The van der Waals surface area contributed by atoms with Gasteiger partial charge in [0.2, 0.25) is 11.6 Å². The highest BCUT2D eigenvalue weighted by atomic mass is 19.2. The lowest BCUT2D eigenvalue weighted by Gasteiger charge is -2.08. The number of benzene rings is 2. The van der Waals surface area contributed by atoms with E-state index in [9.17, 15) is 22.4 Å². The molecule has 0 atom stereocenters. The normalized spacial score (nSPS) is 10.9. The van der Waals surface area contributed by atoms with Crippen LogP contribution >= 0.6 is 0 Å². The molecule has 0 spiro atoms. The first-order chi connectivity index (χ1) is 15.8. The number of ether oxygens (including phenoxy) is 1. The van der Waals surface area contributed by atoms with Crippen molar-refractivity contribution in [2.75, 3.05) is 5.32 Å². The van der Waals surface area contributed by atoms with Crippen LogP contribution in [0.4, 0.5) is 23.4 Å². The van der Waals surface area contributed by atoms with E-state index in [1.54, 1.807) is 16.9 Å². The van der Waals surface area contributed by atoms with Crippen molar-refractivity contribution < 1.29 is 31.5 Å². The third-order valence-electron chi connectivity index (χ3n) is 4.79. The van der Waals surface area contributed by atoms with E-state index in [-0.39, 0.29) is 17.6 Å².